The standard InChI is InChI=1S/C13H18O5S/c1-10-5-6-11(9-12(10)13(15)16)19(17,18)8-4-2-3-7-14/h5-6,9,14H,2-4,7-8H2,1H3,(H,15,16). The molecule has 6 heteroatoms. The second-order valence-electron chi connectivity index (χ2n) is 4.39. The van der Waals surface area contributed by atoms with Crippen LogP contribution in [0.3, 0.4) is 0 Å². The SMILES string of the molecule is Cc1ccc(S(=O)(=O)CCCCCO)cc1C(=O)O. The van der Waals surface area contributed by atoms with Gasteiger partial charge in [0.15, 0.2) is 9.84 Å². The minimum absolute atomic E-state index is 0.0106. The lowest BCUT2D eigenvalue weighted by molar-refractivity contribution is 0.0696. The molecule has 0 aliphatic heterocycles. The van der Waals surface area contributed by atoms with Crippen molar-refractivity contribution in [1.82, 2.24) is 0 Å². The fourth-order valence-electron chi connectivity index (χ4n) is 1.72. The van der Waals surface area contributed by atoms with Crippen molar-refractivity contribution in [2.24, 2.45) is 0 Å². The molecule has 0 atom stereocenters. The number of aromatic carboxylic acids is 1. The summed E-state index contributed by atoms with van der Waals surface area (Å²) in [5, 5.41) is 17.6. The van der Waals surface area contributed by atoms with Gasteiger partial charge in [-0.3, -0.25) is 0 Å². The topological polar surface area (TPSA) is 91.7 Å². The highest BCUT2D eigenvalue weighted by molar-refractivity contribution is 7.91. The first kappa shape index (κ1) is 15.7. The smallest absolute Gasteiger partial charge is 0.335 e. The first-order chi connectivity index (χ1) is 8.88. The Morgan fingerprint density at radius 2 is 1.89 bits per heavy atom. The van der Waals surface area contributed by atoms with Gasteiger partial charge >= 0.3 is 5.97 Å². The number of carbonyl (C=O) groups is 1. The van der Waals surface area contributed by atoms with E-state index in [1.54, 1.807) is 6.92 Å². The first-order valence-corrected chi connectivity index (χ1v) is 7.71. The van der Waals surface area contributed by atoms with Crippen LogP contribution in [0.2, 0.25) is 0 Å². The van der Waals surface area contributed by atoms with E-state index < -0.39 is 15.8 Å². The van der Waals surface area contributed by atoms with E-state index in [0.717, 1.165) is 0 Å². The first-order valence-electron chi connectivity index (χ1n) is 6.06. The third kappa shape index (κ3) is 4.33. The Labute approximate surface area is 112 Å². The minimum Gasteiger partial charge on any atom is -0.478 e. The Morgan fingerprint density at radius 1 is 1.21 bits per heavy atom. The molecule has 0 aromatic heterocycles. The molecule has 0 unspecified atom stereocenters. The van der Waals surface area contributed by atoms with Gasteiger partial charge in [0, 0.05) is 6.61 Å². The van der Waals surface area contributed by atoms with Gasteiger partial charge in [0.1, 0.15) is 0 Å². The van der Waals surface area contributed by atoms with Crippen molar-refractivity contribution < 1.29 is 23.4 Å². The summed E-state index contributed by atoms with van der Waals surface area (Å²) in [5.41, 5.74) is 0.545. The van der Waals surface area contributed by atoms with Crippen molar-refractivity contribution in [3.8, 4) is 0 Å². The van der Waals surface area contributed by atoms with Gasteiger partial charge in [-0.05, 0) is 37.5 Å². The number of sulfone groups is 1. The highest BCUT2D eigenvalue weighted by atomic mass is 32.2. The van der Waals surface area contributed by atoms with Crippen molar-refractivity contribution in [3.63, 3.8) is 0 Å². The average molecular weight is 286 g/mol. The quantitative estimate of drug-likeness (QED) is 0.743. The summed E-state index contributed by atoms with van der Waals surface area (Å²) in [4.78, 5) is 11.0. The number of unbranched alkanes of at least 4 members (excludes halogenated alkanes) is 2. The molecule has 1 rings (SSSR count). The van der Waals surface area contributed by atoms with Gasteiger partial charge in [-0.25, -0.2) is 13.2 Å². The van der Waals surface area contributed by atoms with E-state index in [1.807, 2.05) is 0 Å². The van der Waals surface area contributed by atoms with Crippen LogP contribution in [0, 0.1) is 6.92 Å². The highest BCUT2D eigenvalue weighted by Crippen LogP contribution is 2.18. The molecule has 0 aliphatic rings. The normalized spacial score (nSPS) is 11.5. The largest absolute Gasteiger partial charge is 0.478 e. The molecule has 5 nitrogen and oxygen atoms in total. The molecule has 2 N–H and O–H groups in total. The zero-order valence-corrected chi connectivity index (χ0v) is 11.6. The van der Waals surface area contributed by atoms with Crippen LogP contribution in [0.4, 0.5) is 0 Å². The van der Waals surface area contributed by atoms with Gasteiger partial charge < -0.3 is 10.2 Å². The molecule has 1 aromatic carbocycles. The fourth-order valence-corrected chi connectivity index (χ4v) is 3.12. The number of carboxylic acids is 1. The van der Waals surface area contributed by atoms with Crippen LogP contribution in [0.1, 0.15) is 35.2 Å². The van der Waals surface area contributed by atoms with Gasteiger partial charge in [0.25, 0.3) is 0 Å². The van der Waals surface area contributed by atoms with Crippen LogP contribution in [0.5, 0.6) is 0 Å². The van der Waals surface area contributed by atoms with E-state index in [-0.39, 0.29) is 22.8 Å². The number of rotatable bonds is 7. The van der Waals surface area contributed by atoms with Gasteiger partial charge in [0.2, 0.25) is 0 Å². The van der Waals surface area contributed by atoms with Crippen molar-refractivity contribution >= 4 is 15.8 Å². The number of benzene rings is 1. The Morgan fingerprint density at radius 3 is 2.47 bits per heavy atom. The van der Waals surface area contributed by atoms with Crippen molar-refractivity contribution in [2.75, 3.05) is 12.4 Å². The number of hydrogen-bond acceptors (Lipinski definition) is 4. The minimum atomic E-state index is -3.46. The second kappa shape index (κ2) is 6.68. The van der Waals surface area contributed by atoms with Crippen molar-refractivity contribution in [1.29, 1.82) is 0 Å². The van der Waals surface area contributed by atoms with Gasteiger partial charge in [-0.1, -0.05) is 12.5 Å². The monoisotopic (exact) mass is 286 g/mol. The summed E-state index contributed by atoms with van der Waals surface area (Å²) in [6.07, 6.45) is 1.66. The summed E-state index contributed by atoms with van der Waals surface area (Å²) in [7, 11) is -3.46. The molecule has 0 amide bonds. The number of aryl methyl sites for hydroxylation is 1. The number of aliphatic hydroxyl groups is 1. The molecule has 0 saturated carbocycles. The molecular weight excluding hydrogens is 268 g/mol. The van der Waals surface area contributed by atoms with Crippen LogP contribution < -0.4 is 0 Å². The highest BCUT2D eigenvalue weighted by Gasteiger charge is 2.17. The molecule has 106 valence electrons. The molecular formula is C13H18O5S. The van der Waals surface area contributed by atoms with E-state index in [9.17, 15) is 13.2 Å². The van der Waals surface area contributed by atoms with Crippen molar-refractivity contribution in [2.45, 2.75) is 31.1 Å². The van der Waals surface area contributed by atoms with E-state index in [4.69, 9.17) is 10.2 Å². The summed E-state index contributed by atoms with van der Waals surface area (Å²) in [6.45, 7) is 1.68. The predicted octanol–water partition coefficient (Wildman–Crippen LogP) is 1.63. The van der Waals surface area contributed by atoms with Gasteiger partial charge in [-0.2, -0.15) is 0 Å². The van der Waals surface area contributed by atoms with Crippen LogP contribution in [-0.2, 0) is 9.84 Å². The van der Waals surface area contributed by atoms with Gasteiger partial charge in [0.05, 0.1) is 16.2 Å². The van der Waals surface area contributed by atoms with E-state index in [2.05, 4.69) is 0 Å². The van der Waals surface area contributed by atoms with Crippen LogP contribution in [0.25, 0.3) is 0 Å². The molecule has 0 heterocycles. The third-order valence-corrected chi connectivity index (χ3v) is 4.67. The fraction of sp³-hybridized carbons (Fsp3) is 0.462. The lowest BCUT2D eigenvalue weighted by Crippen LogP contribution is -2.09. The van der Waals surface area contributed by atoms with E-state index in [0.29, 0.717) is 24.8 Å². The zero-order chi connectivity index (χ0) is 14.5. The maximum Gasteiger partial charge on any atom is 0.335 e. The average Bonchev–Trinajstić information content (AvgIpc) is 2.34. The van der Waals surface area contributed by atoms with E-state index >= 15 is 0 Å². The molecule has 0 spiro atoms. The molecule has 0 saturated heterocycles. The predicted molar refractivity (Wildman–Crippen MR) is 71.1 cm³/mol. The van der Waals surface area contributed by atoms with Crippen molar-refractivity contribution in [3.05, 3.63) is 29.3 Å². The van der Waals surface area contributed by atoms with Crippen LogP contribution >= 0.6 is 0 Å². The maximum absolute atomic E-state index is 12.0. The Balaban J connectivity index is 2.89. The molecule has 0 bridgehead atoms. The number of hydrogen-bond donors (Lipinski definition) is 2. The Hall–Kier alpha value is -1.40. The molecule has 19 heavy (non-hydrogen) atoms. The molecule has 1 aromatic rings. The van der Waals surface area contributed by atoms with Crippen LogP contribution in [-0.4, -0.2) is 37.0 Å². The Kier molecular flexibility index (Phi) is 5.50. The Bertz CT molecular complexity index is 548. The lowest BCUT2D eigenvalue weighted by atomic mass is 10.1. The molecule has 0 radical (unpaired) electrons. The molecule has 0 fully saturated rings. The second-order valence-corrected chi connectivity index (χ2v) is 6.49. The zero-order valence-electron chi connectivity index (χ0n) is 10.8. The maximum atomic E-state index is 12.0. The summed E-state index contributed by atoms with van der Waals surface area (Å²) < 4.78 is 24.1. The molecule has 0 aliphatic carbocycles. The summed E-state index contributed by atoms with van der Waals surface area (Å²) >= 11 is 0. The van der Waals surface area contributed by atoms with Gasteiger partial charge in [-0.15, -0.1) is 0 Å². The summed E-state index contributed by atoms with van der Waals surface area (Å²) in [5.74, 6) is -1.16. The van der Waals surface area contributed by atoms with Crippen LogP contribution in [0.15, 0.2) is 23.1 Å². The van der Waals surface area contributed by atoms with E-state index in [1.165, 1.54) is 18.2 Å². The lowest BCUT2D eigenvalue weighted by Gasteiger charge is -2.07. The third-order valence-electron chi connectivity index (χ3n) is 2.87. The summed E-state index contributed by atoms with van der Waals surface area (Å²) in [6, 6.07) is 4.15. The number of aliphatic hydroxyl groups excluding tert-OH is 1. The number of carboxylic acid groups (broad SMARTS) is 1.